The van der Waals surface area contributed by atoms with Crippen LogP contribution in [0.15, 0.2) is 36.4 Å². The highest BCUT2D eigenvalue weighted by Gasteiger charge is 2.47. The predicted octanol–water partition coefficient (Wildman–Crippen LogP) is 4.91. The first-order chi connectivity index (χ1) is 15.4. The number of fused-ring (bicyclic) bond motifs is 3. The number of hydrogen-bond acceptors (Lipinski definition) is 5. The lowest BCUT2D eigenvalue weighted by Crippen LogP contribution is -2.41. The quantitative estimate of drug-likeness (QED) is 0.640. The molecule has 0 spiro atoms. The average Bonchev–Trinajstić information content (AvgIpc) is 3.11. The molecule has 0 aromatic heterocycles. The molecule has 5 rings (SSSR count). The van der Waals surface area contributed by atoms with E-state index in [9.17, 15) is 10.5 Å². The van der Waals surface area contributed by atoms with E-state index >= 15 is 0 Å². The molecule has 2 aromatic carbocycles. The second-order valence-corrected chi connectivity index (χ2v) is 9.78. The fourth-order valence-corrected chi connectivity index (χ4v) is 5.51. The third-order valence-corrected chi connectivity index (χ3v) is 7.51. The summed E-state index contributed by atoms with van der Waals surface area (Å²) >= 11 is 0. The number of benzene rings is 2. The second kappa shape index (κ2) is 7.96. The van der Waals surface area contributed by atoms with Crippen molar-refractivity contribution in [3.8, 4) is 12.1 Å². The Morgan fingerprint density at radius 1 is 0.969 bits per heavy atom. The van der Waals surface area contributed by atoms with E-state index in [4.69, 9.17) is 9.31 Å². The molecule has 6 heteroatoms. The first-order valence-electron chi connectivity index (χ1n) is 11.6. The molecule has 2 aromatic rings. The van der Waals surface area contributed by atoms with Gasteiger partial charge in [-0.15, -0.1) is 0 Å². The summed E-state index contributed by atoms with van der Waals surface area (Å²) < 4.78 is 12.6. The van der Waals surface area contributed by atoms with Gasteiger partial charge in [-0.25, -0.2) is 0 Å². The molecule has 5 nitrogen and oxygen atoms in total. The van der Waals surface area contributed by atoms with Gasteiger partial charge in [0, 0.05) is 28.8 Å². The maximum absolute atomic E-state index is 9.58. The van der Waals surface area contributed by atoms with Gasteiger partial charge in [0.1, 0.15) is 0 Å². The summed E-state index contributed by atoms with van der Waals surface area (Å²) in [6.45, 7) is 6.12. The first-order valence-corrected chi connectivity index (χ1v) is 11.6. The highest BCUT2D eigenvalue weighted by molar-refractivity contribution is 6.64. The van der Waals surface area contributed by atoms with Crippen molar-refractivity contribution < 1.29 is 9.31 Å². The molecule has 0 amide bonds. The van der Waals surface area contributed by atoms with Crippen LogP contribution in [-0.2, 0) is 9.31 Å². The van der Waals surface area contributed by atoms with Crippen molar-refractivity contribution in [2.75, 3.05) is 4.90 Å². The van der Waals surface area contributed by atoms with Crippen molar-refractivity contribution in [3.05, 3.63) is 53.1 Å². The minimum atomic E-state index is -0.519. The summed E-state index contributed by atoms with van der Waals surface area (Å²) in [5.41, 5.74) is 5.29. The molecule has 2 fully saturated rings. The van der Waals surface area contributed by atoms with Crippen LogP contribution in [0.1, 0.15) is 75.5 Å². The maximum Gasteiger partial charge on any atom is 0.496 e. The van der Waals surface area contributed by atoms with Crippen LogP contribution in [0, 0.1) is 22.7 Å². The predicted molar refractivity (Wildman–Crippen MR) is 125 cm³/mol. The van der Waals surface area contributed by atoms with Gasteiger partial charge in [-0.3, -0.25) is 0 Å². The van der Waals surface area contributed by atoms with E-state index in [-0.39, 0.29) is 6.10 Å². The molecule has 0 N–H and O–H groups in total. The Hall–Kier alpha value is -2.80. The maximum atomic E-state index is 9.58. The van der Waals surface area contributed by atoms with Gasteiger partial charge in [-0.1, -0.05) is 19.3 Å². The van der Waals surface area contributed by atoms with Crippen LogP contribution in [0.4, 0.5) is 11.4 Å². The van der Waals surface area contributed by atoms with E-state index in [1.54, 1.807) is 0 Å². The molecular weight excluding hydrogens is 397 g/mol. The fourth-order valence-electron chi connectivity index (χ4n) is 5.51. The molecule has 0 radical (unpaired) electrons. The normalized spacial score (nSPS) is 26.1. The van der Waals surface area contributed by atoms with Crippen LogP contribution in [-0.4, -0.2) is 24.9 Å². The van der Waals surface area contributed by atoms with E-state index in [0.29, 0.717) is 23.1 Å². The molecule has 1 saturated carbocycles. The minimum absolute atomic E-state index is 0.0548. The number of nitrogens with zero attached hydrogens (tertiary/aromatic N) is 3. The van der Waals surface area contributed by atoms with Crippen molar-refractivity contribution in [1.29, 1.82) is 10.5 Å². The topological polar surface area (TPSA) is 69.3 Å². The molecule has 1 saturated heterocycles. The summed E-state index contributed by atoms with van der Waals surface area (Å²) in [5.74, 6) is 0.407. The van der Waals surface area contributed by atoms with Gasteiger partial charge in [0.2, 0.25) is 0 Å². The zero-order valence-corrected chi connectivity index (χ0v) is 19.0. The van der Waals surface area contributed by atoms with Gasteiger partial charge in [-0.2, -0.15) is 10.5 Å². The summed E-state index contributed by atoms with van der Waals surface area (Å²) in [7, 11) is -0.519. The lowest BCUT2D eigenvalue weighted by Gasteiger charge is -2.32. The molecule has 3 atom stereocenters. The van der Waals surface area contributed by atoms with Crippen LogP contribution in [0.3, 0.4) is 0 Å². The van der Waals surface area contributed by atoms with Gasteiger partial charge in [0.25, 0.3) is 0 Å². The largest absolute Gasteiger partial charge is 0.496 e. The summed E-state index contributed by atoms with van der Waals surface area (Å²) in [6, 6.07) is 16.9. The van der Waals surface area contributed by atoms with Gasteiger partial charge < -0.3 is 14.2 Å². The van der Waals surface area contributed by atoms with Gasteiger partial charge >= 0.3 is 7.12 Å². The van der Waals surface area contributed by atoms with Gasteiger partial charge in [0.05, 0.1) is 35.0 Å². The molecule has 3 aliphatic rings. The summed E-state index contributed by atoms with van der Waals surface area (Å²) in [5, 5.41) is 19.1. The van der Waals surface area contributed by atoms with Crippen LogP contribution < -0.4 is 10.4 Å². The molecule has 2 aliphatic heterocycles. The molecular formula is C26H28BN3O2. The Labute approximate surface area is 190 Å². The van der Waals surface area contributed by atoms with Crippen LogP contribution >= 0.6 is 0 Å². The van der Waals surface area contributed by atoms with Crippen molar-refractivity contribution in [1.82, 2.24) is 0 Å². The van der Waals surface area contributed by atoms with E-state index in [0.717, 1.165) is 29.7 Å². The third kappa shape index (κ3) is 3.39. The Kier molecular flexibility index (Phi) is 5.24. The summed E-state index contributed by atoms with van der Waals surface area (Å²) in [4.78, 5) is 2.44. The smallest absolute Gasteiger partial charge is 0.402 e. The van der Waals surface area contributed by atoms with Gasteiger partial charge in [0.15, 0.2) is 0 Å². The first kappa shape index (κ1) is 21.1. The zero-order chi connectivity index (χ0) is 22.5. The fraction of sp³-hybridized carbons (Fsp3) is 0.462. The van der Waals surface area contributed by atoms with E-state index in [1.165, 1.54) is 24.8 Å². The Bertz CT molecular complexity index is 1130. The van der Waals surface area contributed by atoms with Crippen LogP contribution in [0.25, 0.3) is 0 Å². The minimum Gasteiger partial charge on any atom is -0.402 e. The van der Waals surface area contributed by atoms with E-state index in [1.807, 2.05) is 45.0 Å². The Morgan fingerprint density at radius 2 is 1.66 bits per heavy atom. The van der Waals surface area contributed by atoms with Crippen LogP contribution in [0.2, 0.25) is 0 Å². The zero-order valence-electron chi connectivity index (χ0n) is 19.0. The molecule has 2 heterocycles. The average molecular weight is 425 g/mol. The number of rotatable bonds is 2. The Balaban J connectivity index is 1.66. The number of anilines is 2. The molecule has 32 heavy (non-hydrogen) atoms. The van der Waals surface area contributed by atoms with E-state index < -0.39 is 12.7 Å². The number of hydrogen-bond donors (Lipinski definition) is 0. The lowest BCUT2D eigenvalue weighted by atomic mass is 9.76. The number of nitriles is 2. The highest BCUT2D eigenvalue weighted by Crippen LogP contribution is 2.50. The van der Waals surface area contributed by atoms with Crippen molar-refractivity contribution in [2.24, 2.45) is 0 Å². The molecule has 0 bridgehead atoms. The second-order valence-electron chi connectivity index (χ2n) is 9.78. The van der Waals surface area contributed by atoms with Crippen molar-refractivity contribution in [3.63, 3.8) is 0 Å². The SMILES string of the molecule is CC1OB(c2cc(C#N)ccc2N2c3ccc(C#N)cc3C3CCCCCC32)OC1(C)C. The lowest BCUT2D eigenvalue weighted by molar-refractivity contribution is 0.0842. The third-order valence-electron chi connectivity index (χ3n) is 7.51. The van der Waals surface area contributed by atoms with Crippen molar-refractivity contribution in [2.45, 2.75) is 76.5 Å². The highest BCUT2D eigenvalue weighted by atomic mass is 16.7. The molecule has 1 aliphatic carbocycles. The molecule has 162 valence electrons. The Morgan fingerprint density at radius 3 is 2.34 bits per heavy atom. The van der Waals surface area contributed by atoms with Crippen molar-refractivity contribution >= 4 is 24.0 Å². The standard InChI is InChI=1S/C26H28BN3O2/c1-17-26(2,3)32-27(31-17)22-14-19(16-29)10-12-25(22)30-23-8-6-4-5-7-20(23)21-13-18(15-28)9-11-24(21)30/h9-14,17,20,23H,4-8H2,1-3H3. The van der Waals surface area contributed by atoms with E-state index in [2.05, 4.69) is 29.2 Å². The summed E-state index contributed by atoms with van der Waals surface area (Å²) in [6.07, 6.45) is 5.84. The van der Waals surface area contributed by atoms with Gasteiger partial charge in [-0.05, 0) is 75.6 Å². The monoisotopic (exact) mass is 425 g/mol. The van der Waals surface area contributed by atoms with Crippen LogP contribution in [0.5, 0.6) is 0 Å². The molecule has 3 unspecified atom stereocenters.